The monoisotopic (exact) mass is 317 g/mol. The summed E-state index contributed by atoms with van der Waals surface area (Å²) >= 11 is 1.68. The number of hydrogen-bond acceptors (Lipinski definition) is 4. The number of thiophene rings is 1. The Kier molecular flexibility index (Phi) is 4.60. The molecule has 0 fully saturated rings. The highest BCUT2D eigenvalue weighted by Crippen LogP contribution is 2.22. The van der Waals surface area contributed by atoms with Gasteiger partial charge < -0.3 is 5.11 Å². The summed E-state index contributed by atoms with van der Waals surface area (Å²) in [5.41, 5.74) is 2.30. The van der Waals surface area contributed by atoms with E-state index in [4.69, 9.17) is 0 Å². The van der Waals surface area contributed by atoms with E-state index in [-0.39, 0.29) is 5.82 Å². The number of rotatable bonds is 6. The summed E-state index contributed by atoms with van der Waals surface area (Å²) < 4.78 is 12.9. The maximum atomic E-state index is 12.9. The van der Waals surface area contributed by atoms with E-state index in [1.54, 1.807) is 23.5 Å². The minimum atomic E-state index is -0.620. The van der Waals surface area contributed by atoms with Crippen LogP contribution in [0, 0.1) is 5.82 Å². The fourth-order valence-electron chi connectivity index (χ4n) is 2.28. The fraction of sp³-hybridized carbons (Fsp3) is 0.250. The number of aliphatic hydroxyl groups excluding tert-OH is 1. The zero-order chi connectivity index (χ0) is 15.4. The van der Waals surface area contributed by atoms with Crippen molar-refractivity contribution in [2.24, 2.45) is 0 Å². The summed E-state index contributed by atoms with van der Waals surface area (Å²) in [6, 6.07) is 8.72. The van der Waals surface area contributed by atoms with Crippen molar-refractivity contribution in [3.05, 3.63) is 69.7 Å². The summed E-state index contributed by atoms with van der Waals surface area (Å²) in [4.78, 5) is 5.17. The molecule has 0 amide bonds. The van der Waals surface area contributed by atoms with Gasteiger partial charge in [0.25, 0.3) is 0 Å². The molecule has 22 heavy (non-hydrogen) atoms. The molecular weight excluding hydrogens is 301 g/mol. The van der Waals surface area contributed by atoms with Crippen molar-refractivity contribution in [3.63, 3.8) is 0 Å². The van der Waals surface area contributed by atoms with Crippen molar-refractivity contribution in [1.29, 1.82) is 0 Å². The zero-order valence-corrected chi connectivity index (χ0v) is 12.7. The number of nitrogens with zero attached hydrogens (tertiary/aromatic N) is 2. The van der Waals surface area contributed by atoms with Crippen LogP contribution in [0.2, 0.25) is 0 Å². The van der Waals surface area contributed by atoms with Gasteiger partial charge in [-0.2, -0.15) is 5.10 Å². The van der Waals surface area contributed by atoms with Gasteiger partial charge in [0.2, 0.25) is 0 Å². The third-order valence-electron chi connectivity index (χ3n) is 3.44. The van der Waals surface area contributed by atoms with Gasteiger partial charge in [-0.3, -0.25) is 5.10 Å². The Morgan fingerprint density at radius 1 is 1.23 bits per heavy atom. The molecule has 3 rings (SSSR count). The molecule has 0 saturated carbocycles. The number of aliphatic hydroxyl groups is 1. The standard InChI is InChI=1S/C16H16FN3OS/c17-13-3-1-11(2-4-13)7-12-8-14(22-9-12)5-6-15(21)16-18-10-19-20-16/h1-4,8-10,15,21H,5-7H2,(H,18,19,20). The molecule has 1 aromatic carbocycles. The van der Waals surface area contributed by atoms with Crippen molar-refractivity contribution in [2.75, 3.05) is 0 Å². The summed E-state index contributed by atoms with van der Waals surface area (Å²) in [5, 5.41) is 18.5. The van der Waals surface area contributed by atoms with Crippen molar-refractivity contribution in [1.82, 2.24) is 15.2 Å². The zero-order valence-electron chi connectivity index (χ0n) is 11.9. The first-order valence-corrected chi connectivity index (χ1v) is 7.93. The second-order valence-electron chi connectivity index (χ2n) is 5.15. The van der Waals surface area contributed by atoms with Crippen LogP contribution in [0.15, 0.2) is 42.0 Å². The predicted molar refractivity (Wildman–Crippen MR) is 83.2 cm³/mol. The predicted octanol–water partition coefficient (Wildman–Crippen LogP) is 3.26. The SMILES string of the molecule is OC(CCc1cc(Cc2ccc(F)cc2)cs1)c1ncn[nH]1. The average molecular weight is 317 g/mol. The van der Waals surface area contributed by atoms with Crippen LogP contribution in [0.5, 0.6) is 0 Å². The molecule has 2 aromatic heterocycles. The van der Waals surface area contributed by atoms with Gasteiger partial charge in [0.05, 0.1) is 0 Å². The van der Waals surface area contributed by atoms with Gasteiger partial charge in [0, 0.05) is 4.88 Å². The van der Waals surface area contributed by atoms with Gasteiger partial charge >= 0.3 is 0 Å². The number of H-pyrrole nitrogens is 1. The smallest absolute Gasteiger partial charge is 0.153 e. The minimum Gasteiger partial charge on any atom is -0.385 e. The maximum Gasteiger partial charge on any atom is 0.153 e. The highest BCUT2D eigenvalue weighted by atomic mass is 32.1. The van der Waals surface area contributed by atoms with Gasteiger partial charge in [-0.1, -0.05) is 12.1 Å². The van der Waals surface area contributed by atoms with Crippen LogP contribution in [0.25, 0.3) is 0 Å². The number of benzene rings is 1. The molecular formula is C16H16FN3OS. The third-order valence-corrected chi connectivity index (χ3v) is 4.49. The number of aromatic amines is 1. The number of nitrogens with one attached hydrogen (secondary N) is 1. The minimum absolute atomic E-state index is 0.212. The van der Waals surface area contributed by atoms with Gasteiger partial charge in [-0.25, -0.2) is 9.37 Å². The highest BCUT2D eigenvalue weighted by Gasteiger charge is 2.11. The molecule has 0 spiro atoms. The molecule has 1 unspecified atom stereocenters. The Labute approximate surface area is 131 Å². The van der Waals surface area contributed by atoms with E-state index in [9.17, 15) is 9.50 Å². The summed E-state index contributed by atoms with van der Waals surface area (Å²) in [6.07, 6.45) is 2.96. The van der Waals surface area contributed by atoms with Crippen LogP contribution < -0.4 is 0 Å². The normalized spacial score (nSPS) is 12.5. The van der Waals surface area contributed by atoms with Crippen molar-refractivity contribution in [3.8, 4) is 0 Å². The van der Waals surface area contributed by atoms with Crippen molar-refractivity contribution < 1.29 is 9.50 Å². The van der Waals surface area contributed by atoms with Crippen molar-refractivity contribution in [2.45, 2.75) is 25.4 Å². The van der Waals surface area contributed by atoms with Crippen LogP contribution in [-0.4, -0.2) is 20.3 Å². The molecule has 4 nitrogen and oxygen atoms in total. The molecule has 1 atom stereocenters. The summed E-state index contributed by atoms with van der Waals surface area (Å²) in [5.74, 6) is 0.291. The summed E-state index contributed by atoms with van der Waals surface area (Å²) in [6.45, 7) is 0. The molecule has 0 aliphatic carbocycles. The first-order valence-electron chi connectivity index (χ1n) is 7.05. The van der Waals surface area contributed by atoms with Gasteiger partial charge in [0.15, 0.2) is 5.82 Å². The largest absolute Gasteiger partial charge is 0.385 e. The Hall–Kier alpha value is -2.05. The lowest BCUT2D eigenvalue weighted by molar-refractivity contribution is 0.158. The molecule has 114 valence electrons. The molecule has 0 bridgehead atoms. The number of aryl methyl sites for hydroxylation is 1. The molecule has 0 aliphatic heterocycles. The van der Waals surface area contributed by atoms with E-state index < -0.39 is 6.10 Å². The van der Waals surface area contributed by atoms with Crippen LogP contribution in [0.1, 0.15) is 34.4 Å². The van der Waals surface area contributed by atoms with Crippen molar-refractivity contribution >= 4 is 11.3 Å². The average Bonchev–Trinajstić information content (AvgIpc) is 3.19. The van der Waals surface area contributed by atoms with Gasteiger partial charge in [0.1, 0.15) is 18.2 Å². The number of aromatic nitrogens is 3. The van der Waals surface area contributed by atoms with E-state index in [1.807, 2.05) is 0 Å². The first kappa shape index (κ1) is 14.9. The van der Waals surface area contributed by atoms with Gasteiger partial charge in [-0.05, 0) is 54.0 Å². The molecule has 0 radical (unpaired) electrons. The van der Waals surface area contributed by atoms with E-state index in [0.29, 0.717) is 12.2 Å². The van der Waals surface area contributed by atoms with E-state index in [1.165, 1.54) is 28.9 Å². The Bertz CT molecular complexity index is 709. The molecule has 2 N–H and O–H groups in total. The fourth-order valence-corrected chi connectivity index (χ4v) is 3.19. The molecule has 0 saturated heterocycles. The topological polar surface area (TPSA) is 61.8 Å². The lowest BCUT2D eigenvalue weighted by atomic mass is 10.1. The lowest BCUT2D eigenvalue weighted by Gasteiger charge is -2.05. The Balaban J connectivity index is 1.56. The van der Waals surface area contributed by atoms with E-state index in [2.05, 4.69) is 26.6 Å². The van der Waals surface area contributed by atoms with E-state index in [0.717, 1.165) is 18.4 Å². The molecule has 0 aliphatic rings. The first-order chi connectivity index (χ1) is 10.7. The van der Waals surface area contributed by atoms with Crippen LogP contribution in [-0.2, 0) is 12.8 Å². The third kappa shape index (κ3) is 3.78. The van der Waals surface area contributed by atoms with Gasteiger partial charge in [-0.15, -0.1) is 11.3 Å². The lowest BCUT2D eigenvalue weighted by Crippen LogP contribution is -2.01. The van der Waals surface area contributed by atoms with E-state index >= 15 is 0 Å². The number of halogens is 1. The molecule has 2 heterocycles. The maximum absolute atomic E-state index is 12.9. The Morgan fingerprint density at radius 2 is 2.05 bits per heavy atom. The molecule has 3 aromatic rings. The van der Waals surface area contributed by atoms with Crippen LogP contribution in [0.4, 0.5) is 4.39 Å². The Morgan fingerprint density at radius 3 is 2.77 bits per heavy atom. The molecule has 6 heteroatoms. The second kappa shape index (κ2) is 6.81. The number of hydrogen-bond donors (Lipinski definition) is 2. The van der Waals surface area contributed by atoms with Crippen LogP contribution in [0.3, 0.4) is 0 Å². The quantitative estimate of drug-likeness (QED) is 0.733. The van der Waals surface area contributed by atoms with Crippen LogP contribution >= 0.6 is 11.3 Å². The summed E-state index contributed by atoms with van der Waals surface area (Å²) in [7, 11) is 0. The second-order valence-corrected chi connectivity index (χ2v) is 6.15. The highest BCUT2D eigenvalue weighted by molar-refractivity contribution is 7.10.